The average Bonchev–Trinajstić information content (AvgIpc) is 3.03. The van der Waals surface area contributed by atoms with Crippen LogP contribution in [0.5, 0.6) is 0 Å². The first-order valence-corrected chi connectivity index (χ1v) is 11.4. The number of amides is 3. The summed E-state index contributed by atoms with van der Waals surface area (Å²) >= 11 is 13.3. The fraction of sp³-hybridized carbons (Fsp3) is 0.125. The lowest BCUT2D eigenvalue weighted by molar-refractivity contribution is -0.121. The second kappa shape index (κ2) is 9.36. The van der Waals surface area contributed by atoms with Crippen molar-refractivity contribution in [3.63, 3.8) is 0 Å². The molecular weight excluding hydrogens is 467 g/mol. The van der Waals surface area contributed by atoms with Gasteiger partial charge in [0.1, 0.15) is 0 Å². The summed E-state index contributed by atoms with van der Waals surface area (Å²) in [7, 11) is 0. The summed E-state index contributed by atoms with van der Waals surface area (Å²) in [5, 5.41) is 3.02. The van der Waals surface area contributed by atoms with E-state index in [0.29, 0.717) is 22.0 Å². The molecule has 162 valence electrons. The molecule has 0 bridgehead atoms. The van der Waals surface area contributed by atoms with Crippen LogP contribution in [0.25, 0.3) is 0 Å². The number of rotatable bonds is 5. The van der Waals surface area contributed by atoms with E-state index in [2.05, 4.69) is 5.32 Å². The van der Waals surface area contributed by atoms with Gasteiger partial charge in [-0.1, -0.05) is 40.9 Å². The van der Waals surface area contributed by atoms with Gasteiger partial charge in [0, 0.05) is 22.0 Å². The Labute approximate surface area is 199 Å². The lowest BCUT2D eigenvalue weighted by atomic mass is 10.2. The highest BCUT2D eigenvalue weighted by atomic mass is 35.5. The van der Waals surface area contributed by atoms with Crippen LogP contribution in [0.15, 0.2) is 71.6 Å². The maximum absolute atomic E-state index is 12.8. The Kier molecular flexibility index (Phi) is 6.55. The first kappa shape index (κ1) is 22.4. The molecule has 0 radical (unpaired) electrons. The largest absolute Gasteiger partial charge is 0.322 e. The normalized spacial score (nSPS) is 15.8. The van der Waals surface area contributed by atoms with Crippen molar-refractivity contribution < 1.29 is 14.4 Å². The molecule has 0 spiro atoms. The molecule has 0 aromatic heterocycles. The molecule has 8 heteroatoms. The topological polar surface area (TPSA) is 66.5 Å². The second-order valence-electron chi connectivity index (χ2n) is 7.32. The molecule has 1 atom stereocenters. The molecule has 4 rings (SSSR count). The lowest BCUT2D eigenvalue weighted by Crippen LogP contribution is -2.31. The summed E-state index contributed by atoms with van der Waals surface area (Å²) < 4.78 is 0. The van der Waals surface area contributed by atoms with Crippen molar-refractivity contribution in [3.8, 4) is 0 Å². The Morgan fingerprint density at radius 2 is 1.69 bits per heavy atom. The van der Waals surface area contributed by atoms with Crippen molar-refractivity contribution in [2.45, 2.75) is 23.5 Å². The van der Waals surface area contributed by atoms with Crippen LogP contribution < -0.4 is 10.2 Å². The van der Waals surface area contributed by atoms with Gasteiger partial charge in [-0.05, 0) is 61.5 Å². The van der Waals surface area contributed by atoms with Crippen LogP contribution in [0.2, 0.25) is 10.0 Å². The number of nitrogens with one attached hydrogen (secondary N) is 1. The third-order valence-electron chi connectivity index (χ3n) is 4.96. The number of aryl methyl sites for hydroxylation is 1. The summed E-state index contributed by atoms with van der Waals surface area (Å²) in [6, 6.07) is 19.1. The Bertz CT molecular complexity index is 1200. The zero-order valence-electron chi connectivity index (χ0n) is 17.0. The third kappa shape index (κ3) is 4.83. The number of hydrogen-bond donors (Lipinski definition) is 1. The smallest absolute Gasteiger partial charge is 0.257 e. The summed E-state index contributed by atoms with van der Waals surface area (Å²) in [4.78, 5) is 39.8. The molecule has 1 fully saturated rings. The number of imide groups is 1. The van der Waals surface area contributed by atoms with Crippen molar-refractivity contribution in [1.29, 1.82) is 0 Å². The lowest BCUT2D eigenvalue weighted by Gasteiger charge is -2.15. The molecular formula is C24H18Cl2N2O3S. The van der Waals surface area contributed by atoms with E-state index in [1.165, 1.54) is 22.7 Å². The summed E-state index contributed by atoms with van der Waals surface area (Å²) in [6.45, 7) is 1.95. The van der Waals surface area contributed by atoms with Crippen LogP contribution in [0, 0.1) is 6.92 Å². The van der Waals surface area contributed by atoms with Gasteiger partial charge in [-0.2, -0.15) is 0 Å². The minimum atomic E-state index is -0.489. The van der Waals surface area contributed by atoms with Gasteiger partial charge >= 0.3 is 0 Å². The summed E-state index contributed by atoms with van der Waals surface area (Å²) in [5.74, 6) is -0.781. The highest BCUT2D eigenvalue weighted by molar-refractivity contribution is 8.00. The number of nitrogens with zero attached hydrogens (tertiary/aromatic N) is 1. The van der Waals surface area contributed by atoms with Gasteiger partial charge in [-0.15, -0.1) is 11.8 Å². The third-order valence-corrected chi connectivity index (χ3v) is 6.71. The number of anilines is 2. The fourth-order valence-electron chi connectivity index (χ4n) is 3.31. The van der Waals surface area contributed by atoms with Crippen molar-refractivity contribution in [3.05, 3.63) is 87.9 Å². The van der Waals surface area contributed by atoms with E-state index in [1.807, 2.05) is 19.1 Å². The van der Waals surface area contributed by atoms with E-state index >= 15 is 0 Å². The molecule has 1 N–H and O–H groups in total. The first-order chi connectivity index (χ1) is 15.3. The van der Waals surface area contributed by atoms with Gasteiger partial charge in [0.25, 0.3) is 5.91 Å². The number of hydrogen-bond acceptors (Lipinski definition) is 4. The maximum atomic E-state index is 12.8. The molecule has 1 aliphatic heterocycles. The van der Waals surface area contributed by atoms with E-state index in [1.54, 1.807) is 48.5 Å². The molecule has 0 saturated carbocycles. The van der Waals surface area contributed by atoms with E-state index in [-0.39, 0.29) is 29.2 Å². The molecule has 5 nitrogen and oxygen atoms in total. The zero-order chi connectivity index (χ0) is 22.8. The highest BCUT2D eigenvalue weighted by Crippen LogP contribution is 2.34. The van der Waals surface area contributed by atoms with Gasteiger partial charge in [0.05, 0.1) is 21.5 Å². The van der Waals surface area contributed by atoms with Crippen LogP contribution in [0.3, 0.4) is 0 Å². The van der Waals surface area contributed by atoms with Gasteiger partial charge in [0.15, 0.2) is 0 Å². The van der Waals surface area contributed by atoms with Crippen LogP contribution in [0.4, 0.5) is 11.4 Å². The Hall–Kier alpha value is -2.80. The van der Waals surface area contributed by atoms with Crippen molar-refractivity contribution in [2.24, 2.45) is 0 Å². The molecule has 3 aromatic carbocycles. The van der Waals surface area contributed by atoms with Gasteiger partial charge in [0.2, 0.25) is 11.8 Å². The van der Waals surface area contributed by atoms with Crippen molar-refractivity contribution in [2.75, 3.05) is 10.2 Å². The first-order valence-electron chi connectivity index (χ1n) is 9.78. The standard InChI is InChI=1S/C24H18Cl2N2O3S/c1-14-2-7-17(8-3-14)28-22(29)13-21(24(28)31)32-18-9-5-16(6-10-18)27-23(30)19-11-4-15(25)12-20(19)26/h2-12,21H,13H2,1H3,(H,27,30). The Morgan fingerprint density at radius 3 is 2.34 bits per heavy atom. The molecule has 3 amide bonds. The second-order valence-corrected chi connectivity index (χ2v) is 9.44. The van der Waals surface area contributed by atoms with Gasteiger partial charge < -0.3 is 5.32 Å². The predicted octanol–water partition coefficient (Wildman–Crippen LogP) is 5.98. The molecule has 1 unspecified atom stereocenters. The number of carbonyl (C=O) groups is 3. The zero-order valence-corrected chi connectivity index (χ0v) is 19.3. The number of benzene rings is 3. The molecule has 3 aromatic rings. The Balaban J connectivity index is 1.41. The van der Waals surface area contributed by atoms with E-state index in [9.17, 15) is 14.4 Å². The van der Waals surface area contributed by atoms with Crippen molar-refractivity contribution in [1.82, 2.24) is 0 Å². The van der Waals surface area contributed by atoms with Crippen LogP contribution in [-0.2, 0) is 9.59 Å². The van der Waals surface area contributed by atoms with Gasteiger partial charge in [-0.25, -0.2) is 4.90 Å². The monoisotopic (exact) mass is 484 g/mol. The molecule has 32 heavy (non-hydrogen) atoms. The highest BCUT2D eigenvalue weighted by Gasteiger charge is 2.40. The minimum absolute atomic E-state index is 0.144. The van der Waals surface area contributed by atoms with E-state index in [0.717, 1.165) is 10.5 Å². The average molecular weight is 485 g/mol. The number of carbonyl (C=O) groups excluding carboxylic acids is 3. The fourth-order valence-corrected chi connectivity index (χ4v) is 4.86. The van der Waals surface area contributed by atoms with Gasteiger partial charge in [-0.3, -0.25) is 14.4 Å². The van der Waals surface area contributed by atoms with Crippen LogP contribution >= 0.6 is 35.0 Å². The minimum Gasteiger partial charge on any atom is -0.322 e. The number of thioether (sulfide) groups is 1. The predicted molar refractivity (Wildman–Crippen MR) is 129 cm³/mol. The Morgan fingerprint density at radius 1 is 1.00 bits per heavy atom. The summed E-state index contributed by atoms with van der Waals surface area (Å²) in [5.41, 5.74) is 2.55. The number of halogens is 2. The van der Waals surface area contributed by atoms with Crippen molar-refractivity contribution >= 4 is 64.1 Å². The molecule has 1 heterocycles. The molecule has 1 saturated heterocycles. The van der Waals surface area contributed by atoms with E-state index < -0.39 is 5.25 Å². The molecule has 1 aliphatic rings. The molecule has 0 aliphatic carbocycles. The van der Waals surface area contributed by atoms with E-state index in [4.69, 9.17) is 23.2 Å². The summed E-state index contributed by atoms with van der Waals surface area (Å²) in [6.07, 6.45) is 0.144. The van der Waals surface area contributed by atoms with Crippen LogP contribution in [-0.4, -0.2) is 23.0 Å². The van der Waals surface area contributed by atoms with Crippen LogP contribution in [0.1, 0.15) is 22.3 Å². The SMILES string of the molecule is Cc1ccc(N2C(=O)CC(Sc3ccc(NC(=O)c4ccc(Cl)cc4Cl)cc3)C2=O)cc1. The quantitative estimate of drug-likeness (QED) is 0.452. The maximum Gasteiger partial charge on any atom is 0.257 e.